The van der Waals surface area contributed by atoms with Gasteiger partial charge in [-0.15, -0.1) is 0 Å². The SMILES string of the molecule is Cc1ccc(-c2ccnc3c2c(C)nn3CC(=O)N2CCN(Cc3cccc(C(F)(F)F)c3)CC2)cc1. The molecule has 192 valence electrons. The predicted molar refractivity (Wildman–Crippen MR) is 136 cm³/mol. The van der Waals surface area contributed by atoms with Crippen LogP contribution in [-0.4, -0.2) is 56.7 Å². The van der Waals surface area contributed by atoms with Crippen LogP contribution in [0.2, 0.25) is 0 Å². The zero-order chi connectivity index (χ0) is 26.2. The number of halogens is 3. The Morgan fingerprint density at radius 2 is 1.70 bits per heavy atom. The van der Waals surface area contributed by atoms with Crippen LogP contribution < -0.4 is 0 Å². The maximum Gasteiger partial charge on any atom is 0.416 e. The first kappa shape index (κ1) is 25.0. The second kappa shape index (κ2) is 9.97. The summed E-state index contributed by atoms with van der Waals surface area (Å²) in [6, 6.07) is 15.7. The first-order chi connectivity index (χ1) is 17.7. The van der Waals surface area contributed by atoms with Crippen LogP contribution in [0, 0.1) is 13.8 Å². The van der Waals surface area contributed by atoms with Gasteiger partial charge in [0.25, 0.3) is 0 Å². The van der Waals surface area contributed by atoms with Gasteiger partial charge < -0.3 is 4.90 Å². The minimum Gasteiger partial charge on any atom is -0.339 e. The van der Waals surface area contributed by atoms with E-state index in [4.69, 9.17) is 0 Å². The number of aryl methyl sites for hydroxylation is 2. The summed E-state index contributed by atoms with van der Waals surface area (Å²) in [6.45, 7) is 6.69. The van der Waals surface area contributed by atoms with E-state index in [1.54, 1.807) is 21.8 Å². The number of carbonyl (C=O) groups is 1. The normalized spacial score (nSPS) is 14.9. The summed E-state index contributed by atoms with van der Waals surface area (Å²) in [7, 11) is 0. The van der Waals surface area contributed by atoms with Gasteiger partial charge in [-0.05, 0) is 42.7 Å². The topological polar surface area (TPSA) is 54.3 Å². The van der Waals surface area contributed by atoms with Crippen molar-refractivity contribution in [2.75, 3.05) is 26.2 Å². The summed E-state index contributed by atoms with van der Waals surface area (Å²) < 4.78 is 40.7. The van der Waals surface area contributed by atoms with Gasteiger partial charge >= 0.3 is 6.18 Å². The standard InChI is InChI=1S/C28H28F3N5O/c1-19-6-8-22(9-7-19)24-10-11-32-27-26(24)20(2)33-36(27)18-25(37)35-14-12-34(13-15-35)17-21-4-3-5-23(16-21)28(29,30)31/h3-11,16H,12-15,17-18H2,1-2H3. The highest BCUT2D eigenvalue weighted by Gasteiger charge is 2.30. The lowest BCUT2D eigenvalue weighted by atomic mass is 10.0. The third-order valence-electron chi connectivity index (χ3n) is 6.84. The number of hydrogen-bond donors (Lipinski definition) is 0. The molecule has 1 amide bonds. The second-order valence-electron chi connectivity index (χ2n) is 9.52. The Morgan fingerprint density at radius 3 is 2.41 bits per heavy atom. The number of benzene rings is 2. The van der Waals surface area contributed by atoms with Crippen LogP contribution in [0.25, 0.3) is 22.2 Å². The van der Waals surface area contributed by atoms with Crippen LogP contribution in [0.1, 0.15) is 22.4 Å². The van der Waals surface area contributed by atoms with Crippen molar-refractivity contribution in [1.82, 2.24) is 24.6 Å². The van der Waals surface area contributed by atoms with Gasteiger partial charge in [0.2, 0.25) is 5.91 Å². The lowest BCUT2D eigenvalue weighted by Crippen LogP contribution is -2.49. The molecule has 6 nitrogen and oxygen atoms in total. The number of carbonyl (C=O) groups excluding carboxylic acids is 1. The molecule has 1 fully saturated rings. The molecule has 9 heteroatoms. The smallest absolute Gasteiger partial charge is 0.339 e. The molecule has 2 aromatic carbocycles. The van der Waals surface area contributed by atoms with E-state index < -0.39 is 11.7 Å². The highest BCUT2D eigenvalue weighted by atomic mass is 19.4. The number of piperazine rings is 1. The molecular formula is C28H28F3N5O. The molecule has 3 heterocycles. The number of nitrogens with zero attached hydrogens (tertiary/aromatic N) is 5. The summed E-state index contributed by atoms with van der Waals surface area (Å²) in [4.78, 5) is 21.5. The zero-order valence-corrected chi connectivity index (χ0v) is 20.8. The van der Waals surface area contributed by atoms with Gasteiger partial charge in [0.15, 0.2) is 5.65 Å². The molecular weight excluding hydrogens is 479 g/mol. The molecule has 0 bridgehead atoms. The number of amides is 1. The monoisotopic (exact) mass is 507 g/mol. The van der Waals surface area contributed by atoms with Crippen LogP contribution in [0.15, 0.2) is 60.8 Å². The van der Waals surface area contributed by atoms with Gasteiger partial charge in [-0.2, -0.15) is 18.3 Å². The predicted octanol–water partition coefficient (Wildman–Crippen LogP) is 5.08. The average molecular weight is 508 g/mol. The Morgan fingerprint density at radius 1 is 0.973 bits per heavy atom. The van der Waals surface area contributed by atoms with E-state index in [9.17, 15) is 18.0 Å². The van der Waals surface area contributed by atoms with E-state index in [1.807, 2.05) is 19.9 Å². The van der Waals surface area contributed by atoms with Gasteiger partial charge in [-0.1, -0.05) is 48.0 Å². The summed E-state index contributed by atoms with van der Waals surface area (Å²) >= 11 is 0. The number of hydrogen-bond acceptors (Lipinski definition) is 4. The van der Waals surface area contributed by atoms with Gasteiger partial charge in [-0.25, -0.2) is 9.67 Å². The van der Waals surface area contributed by atoms with Gasteiger partial charge in [0.05, 0.1) is 11.3 Å². The fraction of sp³-hybridized carbons (Fsp3) is 0.321. The van der Waals surface area contributed by atoms with Crippen LogP contribution in [0.5, 0.6) is 0 Å². The van der Waals surface area contributed by atoms with Crippen LogP contribution in [-0.2, 0) is 24.1 Å². The third kappa shape index (κ3) is 5.36. The van der Waals surface area contributed by atoms with Crippen molar-refractivity contribution in [3.8, 4) is 11.1 Å². The fourth-order valence-corrected chi connectivity index (χ4v) is 4.85. The van der Waals surface area contributed by atoms with Gasteiger partial charge in [0, 0.05) is 44.3 Å². The van der Waals surface area contributed by atoms with Crippen molar-refractivity contribution < 1.29 is 18.0 Å². The Kier molecular flexibility index (Phi) is 6.72. The Labute approximate surface area is 213 Å². The lowest BCUT2D eigenvalue weighted by molar-refractivity contribution is -0.137. The first-order valence-corrected chi connectivity index (χ1v) is 12.2. The van der Waals surface area contributed by atoms with E-state index in [0.717, 1.165) is 28.3 Å². The molecule has 2 aromatic heterocycles. The molecule has 0 unspecified atom stereocenters. The first-order valence-electron chi connectivity index (χ1n) is 12.2. The Hall–Kier alpha value is -3.72. The maximum atomic E-state index is 13.1. The molecule has 0 atom stereocenters. The van der Waals surface area contributed by atoms with Crippen molar-refractivity contribution in [2.45, 2.75) is 33.1 Å². The van der Waals surface area contributed by atoms with Crippen molar-refractivity contribution in [1.29, 1.82) is 0 Å². The number of fused-ring (bicyclic) bond motifs is 1. The van der Waals surface area contributed by atoms with E-state index in [-0.39, 0.29) is 12.5 Å². The summed E-state index contributed by atoms with van der Waals surface area (Å²) in [5.74, 6) is -0.0503. The largest absolute Gasteiger partial charge is 0.416 e. The van der Waals surface area contributed by atoms with Crippen molar-refractivity contribution in [2.24, 2.45) is 0 Å². The molecule has 0 aliphatic carbocycles. The minimum atomic E-state index is -4.36. The molecule has 1 saturated heterocycles. The fourth-order valence-electron chi connectivity index (χ4n) is 4.85. The molecule has 0 N–H and O–H groups in total. The van der Waals surface area contributed by atoms with Crippen molar-refractivity contribution in [3.05, 3.63) is 83.2 Å². The molecule has 1 aliphatic heterocycles. The van der Waals surface area contributed by atoms with Gasteiger partial charge in [0.1, 0.15) is 6.54 Å². The molecule has 0 radical (unpaired) electrons. The number of alkyl halides is 3. The molecule has 5 rings (SSSR count). The van der Waals surface area contributed by atoms with E-state index in [1.165, 1.54) is 17.7 Å². The second-order valence-corrected chi connectivity index (χ2v) is 9.52. The molecule has 4 aromatic rings. The molecule has 0 spiro atoms. The van der Waals surface area contributed by atoms with Crippen molar-refractivity contribution >= 4 is 16.9 Å². The molecule has 37 heavy (non-hydrogen) atoms. The Balaban J connectivity index is 1.25. The summed E-state index contributed by atoms with van der Waals surface area (Å²) in [5, 5.41) is 5.57. The quantitative estimate of drug-likeness (QED) is 0.378. The Bertz CT molecular complexity index is 1420. The lowest BCUT2D eigenvalue weighted by Gasteiger charge is -2.34. The number of rotatable bonds is 5. The average Bonchev–Trinajstić information content (AvgIpc) is 3.20. The van der Waals surface area contributed by atoms with Gasteiger partial charge in [-0.3, -0.25) is 9.69 Å². The zero-order valence-electron chi connectivity index (χ0n) is 20.8. The van der Waals surface area contributed by atoms with Crippen LogP contribution in [0.4, 0.5) is 13.2 Å². The third-order valence-corrected chi connectivity index (χ3v) is 6.84. The number of aromatic nitrogens is 3. The highest BCUT2D eigenvalue weighted by Crippen LogP contribution is 2.31. The minimum absolute atomic E-state index is 0.0503. The van der Waals surface area contributed by atoms with Crippen LogP contribution in [0.3, 0.4) is 0 Å². The maximum absolute atomic E-state index is 13.1. The molecule has 1 aliphatic rings. The summed E-state index contributed by atoms with van der Waals surface area (Å²) in [5.41, 5.74) is 4.75. The summed E-state index contributed by atoms with van der Waals surface area (Å²) in [6.07, 6.45) is -2.61. The molecule has 0 saturated carbocycles. The number of pyridine rings is 1. The van der Waals surface area contributed by atoms with E-state index >= 15 is 0 Å². The van der Waals surface area contributed by atoms with Crippen LogP contribution >= 0.6 is 0 Å². The van der Waals surface area contributed by atoms with E-state index in [0.29, 0.717) is 43.9 Å². The highest BCUT2D eigenvalue weighted by molar-refractivity contribution is 5.95. The van der Waals surface area contributed by atoms with Crippen molar-refractivity contribution in [3.63, 3.8) is 0 Å². The van der Waals surface area contributed by atoms with E-state index in [2.05, 4.69) is 39.2 Å².